The fraction of sp³-hybridized carbons (Fsp3) is 1.00. The van der Waals surface area contributed by atoms with Gasteiger partial charge in [0.25, 0.3) is 0 Å². The molecule has 82 valence electrons. The van der Waals surface area contributed by atoms with E-state index in [9.17, 15) is 8.42 Å². The predicted octanol–water partition coefficient (Wildman–Crippen LogP) is -0.485. The predicted molar refractivity (Wildman–Crippen MR) is 56.1 cm³/mol. The van der Waals surface area contributed by atoms with Gasteiger partial charge in [0.1, 0.15) is 0 Å². The fourth-order valence-electron chi connectivity index (χ4n) is 1.80. The third-order valence-electron chi connectivity index (χ3n) is 2.80. The molecule has 1 unspecified atom stereocenters. The maximum atomic E-state index is 11.3. The molecule has 0 aromatic carbocycles. The minimum atomic E-state index is -2.76. The van der Waals surface area contributed by atoms with Gasteiger partial charge in [0.05, 0.1) is 11.5 Å². The van der Waals surface area contributed by atoms with Crippen molar-refractivity contribution in [3.05, 3.63) is 0 Å². The van der Waals surface area contributed by atoms with E-state index in [1.54, 1.807) is 0 Å². The smallest absolute Gasteiger partial charge is 0.153 e. The molecular formula is C9H18N2O2S. The van der Waals surface area contributed by atoms with Crippen molar-refractivity contribution in [1.29, 1.82) is 0 Å². The Hall–Kier alpha value is -0.130. The fourth-order valence-corrected chi connectivity index (χ4v) is 3.29. The molecule has 1 aliphatic heterocycles. The van der Waals surface area contributed by atoms with E-state index in [4.69, 9.17) is 0 Å². The summed E-state index contributed by atoms with van der Waals surface area (Å²) in [6, 6.07) is 0.884. The Labute approximate surface area is 85.4 Å². The highest BCUT2D eigenvalue weighted by atomic mass is 32.2. The Morgan fingerprint density at radius 3 is 2.79 bits per heavy atom. The van der Waals surface area contributed by atoms with Crippen LogP contribution in [0.25, 0.3) is 0 Å². The van der Waals surface area contributed by atoms with E-state index in [1.165, 1.54) is 12.8 Å². The van der Waals surface area contributed by atoms with Crippen molar-refractivity contribution in [2.75, 3.05) is 24.6 Å². The van der Waals surface area contributed by atoms with E-state index >= 15 is 0 Å². The second-order valence-electron chi connectivity index (χ2n) is 4.28. The topological polar surface area (TPSA) is 58.2 Å². The molecule has 0 amide bonds. The maximum absolute atomic E-state index is 11.3. The molecule has 0 radical (unpaired) electrons. The van der Waals surface area contributed by atoms with E-state index < -0.39 is 9.84 Å². The van der Waals surface area contributed by atoms with Crippen LogP contribution in [0.5, 0.6) is 0 Å². The van der Waals surface area contributed by atoms with Crippen LogP contribution in [0.15, 0.2) is 0 Å². The van der Waals surface area contributed by atoms with Crippen molar-refractivity contribution < 1.29 is 8.42 Å². The zero-order valence-electron chi connectivity index (χ0n) is 8.33. The molecule has 1 saturated heterocycles. The molecule has 2 fully saturated rings. The molecule has 2 N–H and O–H groups in total. The Morgan fingerprint density at radius 1 is 1.36 bits per heavy atom. The summed E-state index contributed by atoms with van der Waals surface area (Å²) >= 11 is 0. The van der Waals surface area contributed by atoms with Gasteiger partial charge in [-0.1, -0.05) is 0 Å². The molecule has 0 spiro atoms. The van der Waals surface area contributed by atoms with Crippen LogP contribution in [0.4, 0.5) is 0 Å². The second kappa shape index (κ2) is 4.16. The molecule has 0 bridgehead atoms. The van der Waals surface area contributed by atoms with Crippen LogP contribution in [0, 0.1) is 0 Å². The van der Waals surface area contributed by atoms with Crippen LogP contribution < -0.4 is 10.6 Å². The van der Waals surface area contributed by atoms with Crippen LogP contribution in [0.1, 0.15) is 19.3 Å². The van der Waals surface area contributed by atoms with Gasteiger partial charge in [0, 0.05) is 18.6 Å². The third-order valence-corrected chi connectivity index (χ3v) is 4.54. The monoisotopic (exact) mass is 218 g/mol. The van der Waals surface area contributed by atoms with E-state index in [-0.39, 0.29) is 6.04 Å². The minimum absolute atomic E-state index is 0.167. The Morgan fingerprint density at radius 2 is 2.14 bits per heavy atom. The molecule has 4 nitrogen and oxygen atoms in total. The van der Waals surface area contributed by atoms with Crippen molar-refractivity contribution in [1.82, 2.24) is 10.6 Å². The molecule has 0 aromatic rings. The van der Waals surface area contributed by atoms with Crippen molar-refractivity contribution in [3.63, 3.8) is 0 Å². The van der Waals surface area contributed by atoms with Crippen LogP contribution in [-0.2, 0) is 9.84 Å². The number of rotatable bonds is 4. The van der Waals surface area contributed by atoms with E-state index in [0.717, 1.165) is 19.0 Å². The highest BCUT2D eigenvalue weighted by Crippen LogP contribution is 2.18. The van der Waals surface area contributed by atoms with Crippen molar-refractivity contribution >= 4 is 9.84 Å². The average Bonchev–Trinajstić information content (AvgIpc) is 2.86. The van der Waals surface area contributed by atoms with Gasteiger partial charge in [-0.2, -0.15) is 0 Å². The van der Waals surface area contributed by atoms with Crippen molar-refractivity contribution in [2.24, 2.45) is 0 Å². The zero-order valence-corrected chi connectivity index (χ0v) is 9.15. The first-order chi connectivity index (χ1) is 6.66. The highest BCUT2D eigenvalue weighted by molar-refractivity contribution is 7.91. The van der Waals surface area contributed by atoms with E-state index in [2.05, 4.69) is 10.6 Å². The van der Waals surface area contributed by atoms with E-state index in [0.29, 0.717) is 18.1 Å². The number of hydrogen-bond donors (Lipinski definition) is 2. The standard InChI is InChI=1S/C9H18N2O2S/c12-14(13)6-5-11-9(7-14)3-4-10-8-1-2-8/h8-11H,1-7H2. The SMILES string of the molecule is O=S1(=O)CCNC(CCNC2CC2)C1. The summed E-state index contributed by atoms with van der Waals surface area (Å²) in [4.78, 5) is 0. The minimum Gasteiger partial charge on any atom is -0.314 e. The molecule has 5 heteroatoms. The number of hydrogen-bond acceptors (Lipinski definition) is 4. The quantitative estimate of drug-likeness (QED) is 0.669. The van der Waals surface area contributed by atoms with Gasteiger partial charge < -0.3 is 10.6 Å². The van der Waals surface area contributed by atoms with Gasteiger partial charge in [-0.3, -0.25) is 0 Å². The first-order valence-electron chi connectivity index (χ1n) is 5.33. The van der Waals surface area contributed by atoms with Crippen LogP contribution in [-0.4, -0.2) is 45.1 Å². The molecule has 14 heavy (non-hydrogen) atoms. The molecule has 1 aliphatic carbocycles. The van der Waals surface area contributed by atoms with Gasteiger partial charge >= 0.3 is 0 Å². The molecule has 2 rings (SSSR count). The van der Waals surface area contributed by atoms with Crippen LogP contribution in [0.2, 0.25) is 0 Å². The molecule has 1 heterocycles. The molecule has 0 aromatic heterocycles. The normalized spacial score (nSPS) is 31.6. The third kappa shape index (κ3) is 3.22. The lowest BCUT2D eigenvalue weighted by Gasteiger charge is -2.23. The van der Waals surface area contributed by atoms with Crippen LogP contribution >= 0.6 is 0 Å². The largest absolute Gasteiger partial charge is 0.314 e. The summed E-state index contributed by atoms with van der Waals surface area (Å²) in [5.41, 5.74) is 0. The summed E-state index contributed by atoms with van der Waals surface area (Å²) in [6.07, 6.45) is 3.50. The molecular weight excluding hydrogens is 200 g/mol. The van der Waals surface area contributed by atoms with Crippen molar-refractivity contribution in [2.45, 2.75) is 31.3 Å². The lowest BCUT2D eigenvalue weighted by atomic mass is 10.2. The van der Waals surface area contributed by atoms with Gasteiger partial charge in [0.2, 0.25) is 0 Å². The van der Waals surface area contributed by atoms with Gasteiger partial charge in [-0.15, -0.1) is 0 Å². The first-order valence-corrected chi connectivity index (χ1v) is 7.15. The zero-order chi connectivity index (χ0) is 10.0. The van der Waals surface area contributed by atoms with Crippen LogP contribution in [0.3, 0.4) is 0 Å². The van der Waals surface area contributed by atoms with Gasteiger partial charge in [-0.05, 0) is 25.8 Å². The molecule has 1 saturated carbocycles. The summed E-state index contributed by atoms with van der Waals surface area (Å²) in [5.74, 6) is 0.624. The molecule has 1 atom stereocenters. The van der Waals surface area contributed by atoms with E-state index in [1.807, 2.05) is 0 Å². The summed E-state index contributed by atoms with van der Waals surface area (Å²) in [7, 11) is -2.76. The average molecular weight is 218 g/mol. The number of sulfone groups is 1. The Bertz CT molecular complexity index is 285. The lowest BCUT2D eigenvalue weighted by Crippen LogP contribution is -2.46. The summed E-state index contributed by atoms with van der Waals surface area (Å²) in [6.45, 7) is 1.56. The van der Waals surface area contributed by atoms with Gasteiger partial charge in [-0.25, -0.2) is 8.42 Å². The Balaban J connectivity index is 1.68. The maximum Gasteiger partial charge on any atom is 0.153 e. The highest BCUT2D eigenvalue weighted by Gasteiger charge is 2.25. The second-order valence-corrected chi connectivity index (χ2v) is 6.51. The molecule has 2 aliphatic rings. The summed E-state index contributed by atoms with van der Waals surface area (Å²) in [5, 5.41) is 6.65. The van der Waals surface area contributed by atoms with Crippen molar-refractivity contribution in [3.8, 4) is 0 Å². The summed E-state index contributed by atoms with van der Waals surface area (Å²) < 4.78 is 22.6. The van der Waals surface area contributed by atoms with Gasteiger partial charge in [0.15, 0.2) is 9.84 Å². The number of nitrogens with one attached hydrogen (secondary N) is 2. The first kappa shape index (κ1) is 10.4. The Kier molecular flexibility index (Phi) is 3.09. The lowest BCUT2D eigenvalue weighted by molar-refractivity contribution is 0.478.